The molecule has 0 bridgehead atoms. The van der Waals surface area contributed by atoms with Crippen molar-refractivity contribution in [1.29, 1.82) is 0 Å². The van der Waals surface area contributed by atoms with Crippen LogP contribution in [-0.2, 0) is 19.4 Å². The summed E-state index contributed by atoms with van der Waals surface area (Å²) in [6, 6.07) is 25.9. The molecular weight excluding hydrogens is 464 g/mol. The van der Waals surface area contributed by atoms with Crippen LogP contribution in [0.3, 0.4) is 0 Å². The van der Waals surface area contributed by atoms with E-state index in [9.17, 15) is 4.79 Å². The number of carbonyl (C=O) groups excluding carboxylic acids is 1. The molecule has 0 unspecified atom stereocenters. The molecule has 0 fully saturated rings. The van der Waals surface area contributed by atoms with Gasteiger partial charge in [0.05, 0.1) is 5.56 Å². The maximum Gasteiger partial charge on any atom is 0.259 e. The zero-order valence-electron chi connectivity index (χ0n) is 20.7. The first-order valence-electron chi connectivity index (χ1n) is 12.4. The number of thiophene rings is 1. The van der Waals surface area contributed by atoms with Crippen molar-refractivity contribution < 1.29 is 9.53 Å². The minimum Gasteiger partial charge on any atom is -0.489 e. The van der Waals surface area contributed by atoms with Gasteiger partial charge < -0.3 is 10.1 Å². The number of benzene rings is 3. The molecule has 1 aromatic heterocycles. The zero-order chi connectivity index (χ0) is 24.9. The standard InChI is InChI=1S/C31H30N2O2S/c1-21-12-17-26-28(18-21)36-31(29(26)30(34)33-27-11-7-6-8-22(27)2)32-19-23-13-15-25(16-14-23)35-20-24-9-4-3-5-10-24/h3-11,13-16,19,21H,12,17-18,20H2,1-2H3,(H,33,34)/t21-/m0/s1. The van der Waals surface area contributed by atoms with E-state index in [0.717, 1.165) is 58.0 Å². The van der Waals surface area contributed by atoms with Crippen LogP contribution < -0.4 is 10.1 Å². The van der Waals surface area contributed by atoms with Crippen molar-refractivity contribution in [2.75, 3.05) is 5.32 Å². The molecule has 0 aliphatic heterocycles. The average Bonchev–Trinajstić information content (AvgIpc) is 3.26. The molecule has 1 aliphatic carbocycles. The maximum absolute atomic E-state index is 13.5. The Bertz CT molecular complexity index is 1370. The summed E-state index contributed by atoms with van der Waals surface area (Å²) in [7, 11) is 0. The van der Waals surface area contributed by atoms with Gasteiger partial charge in [-0.05, 0) is 84.7 Å². The van der Waals surface area contributed by atoms with Crippen LogP contribution >= 0.6 is 11.3 Å². The van der Waals surface area contributed by atoms with E-state index >= 15 is 0 Å². The van der Waals surface area contributed by atoms with E-state index in [-0.39, 0.29) is 5.91 Å². The van der Waals surface area contributed by atoms with Crippen molar-refractivity contribution in [2.45, 2.75) is 39.7 Å². The summed E-state index contributed by atoms with van der Waals surface area (Å²) >= 11 is 1.65. The fourth-order valence-corrected chi connectivity index (χ4v) is 5.84. The number of anilines is 1. The van der Waals surface area contributed by atoms with Crippen molar-refractivity contribution in [3.63, 3.8) is 0 Å². The van der Waals surface area contributed by atoms with Crippen molar-refractivity contribution >= 4 is 34.1 Å². The quantitative estimate of drug-likeness (QED) is 0.267. The second-order valence-electron chi connectivity index (χ2n) is 9.40. The summed E-state index contributed by atoms with van der Waals surface area (Å²) in [4.78, 5) is 19.6. The first-order valence-corrected chi connectivity index (χ1v) is 13.2. The molecule has 182 valence electrons. The van der Waals surface area contributed by atoms with Crippen molar-refractivity contribution in [1.82, 2.24) is 0 Å². The number of carbonyl (C=O) groups is 1. The van der Waals surface area contributed by atoms with Gasteiger partial charge in [-0.15, -0.1) is 11.3 Å². The fourth-order valence-electron chi connectivity index (χ4n) is 4.48. The fraction of sp³-hybridized carbons (Fsp3) is 0.226. The lowest BCUT2D eigenvalue weighted by Gasteiger charge is -2.18. The van der Waals surface area contributed by atoms with E-state index in [1.165, 1.54) is 10.4 Å². The molecular formula is C31H30N2O2S. The Kier molecular flexibility index (Phi) is 7.28. The number of hydrogen-bond acceptors (Lipinski definition) is 4. The molecule has 36 heavy (non-hydrogen) atoms. The third-order valence-electron chi connectivity index (χ3n) is 6.57. The molecule has 5 rings (SSSR count). The maximum atomic E-state index is 13.5. The third kappa shape index (κ3) is 5.58. The molecule has 3 aromatic carbocycles. The second kappa shape index (κ2) is 10.9. The van der Waals surface area contributed by atoms with Crippen molar-refractivity contribution in [3.05, 3.63) is 112 Å². The predicted octanol–water partition coefficient (Wildman–Crippen LogP) is 7.76. The zero-order valence-corrected chi connectivity index (χ0v) is 21.5. The number of aryl methyl sites for hydroxylation is 1. The van der Waals surface area contributed by atoms with Crippen LogP contribution in [0.5, 0.6) is 5.75 Å². The van der Waals surface area contributed by atoms with Gasteiger partial charge in [0.15, 0.2) is 0 Å². The highest BCUT2D eigenvalue weighted by molar-refractivity contribution is 7.16. The first-order chi connectivity index (χ1) is 17.6. The number of nitrogens with zero attached hydrogens (tertiary/aromatic N) is 1. The summed E-state index contributed by atoms with van der Waals surface area (Å²) in [6.45, 7) is 4.82. The summed E-state index contributed by atoms with van der Waals surface area (Å²) in [5, 5.41) is 3.91. The van der Waals surface area contributed by atoms with Crippen LogP contribution in [0, 0.1) is 12.8 Å². The molecule has 1 aliphatic rings. The first kappa shape index (κ1) is 24.0. The molecule has 4 aromatic rings. The highest BCUT2D eigenvalue weighted by Crippen LogP contribution is 2.41. The van der Waals surface area contributed by atoms with Crippen LogP contribution in [0.1, 0.15) is 50.8 Å². The van der Waals surface area contributed by atoms with Gasteiger partial charge in [0.2, 0.25) is 0 Å². The number of rotatable bonds is 7. The Morgan fingerprint density at radius 3 is 2.58 bits per heavy atom. The highest BCUT2D eigenvalue weighted by Gasteiger charge is 2.27. The minimum atomic E-state index is -0.0758. The molecule has 1 amide bonds. The smallest absolute Gasteiger partial charge is 0.259 e. The van der Waals surface area contributed by atoms with E-state index < -0.39 is 0 Å². The van der Waals surface area contributed by atoms with E-state index in [1.54, 1.807) is 11.3 Å². The molecule has 1 atom stereocenters. The molecule has 0 saturated carbocycles. The molecule has 1 N–H and O–H groups in total. The number of fused-ring (bicyclic) bond motifs is 1. The van der Waals surface area contributed by atoms with Crippen molar-refractivity contribution in [2.24, 2.45) is 10.9 Å². The van der Waals surface area contributed by atoms with Gasteiger partial charge in [-0.1, -0.05) is 55.5 Å². The topological polar surface area (TPSA) is 50.7 Å². The van der Waals surface area contributed by atoms with E-state index in [4.69, 9.17) is 9.73 Å². The van der Waals surface area contributed by atoms with E-state index in [0.29, 0.717) is 12.5 Å². The van der Waals surface area contributed by atoms with Gasteiger partial charge in [-0.25, -0.2) is 4.99 Å². The van der Waals surface area contributed by atoms with Gasteiger partial charge in [0, 0.05) is 16.8 Å². The molecule has 5 heteroatoms. The average molecular weight is 495 g/mol. The Morgan fingerprint density at radius 1 is 1.06 bits per heavy atom. The molecule has 0 radical (unpaired) electrons. The number of ether oxygens (including phenoxy) is 1. The van der Waals surface area contributed by atoms with Crippen LogP contribution in [0.4, 0.5) is 10.7 Å². The van der Waals surface area contributed by atoms with Crippen LogP contribution in [0.15, 0.2) is 83.9 Å². The predicted molar refractivity (Wildman–Crippen MR) is 149 cm³/mol. The molecule has 0 spiro atoms. The Morgan fingerprint density at radius 2 is 1.81 bits per heavy atom. The van der Waals surface area contributed by atoms with Gasteiger partial charge >= 0.3 is 0 Å². The van der Waals surface area contributed by atoms with Gasteiger partial charge in [0.1, 0.15) is 17.4 Å². The molecule has 4 nitrogen and oxygen atoms in total. The summed E-state index contributed by atoms with van der Waals surface area (Å²) < 4.78 is 5.90. The number of aliphatic imine (C=N–C) groups is 1. The Balaban J connectivity index is 1.35. The minimum absolute atomic E-state index is 0.0758. The second-order valence-corrected chi connectivity index (χ2v) is 10.5. The Hall–Kier alpha value is -3.70. The van der Waals surface area contributed by atoms with E-state index in [1.807, 2.05) is 79.9 Å². The number of hydrogen-bond donors (Lipinski definition) is 1. The number of amides is 1. The number of nitrogens with one attached hydrogen (secondary N) is 1. The normalized spacial score (nSPS) is 15.0. The lowest BCUT2D eigenvalue weighted by molar-refractivity contribution is 0.102. The lowest BCUT2D eigenvalue weighted by atomic mass is 9.88. The molecule has 1 heterocycles. The summed E-state index contributed by atoms with van der Waals surface area (Å²) in [6.07, 6.45) is 4.87. The SMILES string of the molecule is Cc1ccccc1NC(=O)c1c(N=Cc2ccc(OCc3ccccc3)cc2)sc2c1CC[C@H](C)C2. The lowest BCUT2D eigenvalue weighted by Crippen LogP contribution is -2.17. The third-order valence-corrected chi connectivity index (χ3v) is 7.74. The van der Waals surface area contributed by atoms with Gasteiger partial charge in [-0.3, -0.25) is 4.79 Å². The highest BCUT2D eigenvalue weighted by atomic mass is 32.1. The van der Waals surface area contributed by atoms with Gasteiger partial charge in [0.25, 0.3) is 5.91 Å². The number of para-hydroxylation sites is 1. The monoisotopic (exact) mass is 494 g/mol. The van der Waals surface area contributed by atoms with Crippen LogP contribution in [0.2, 0.25) is 0 Å². The molecule has 0 saturated heterocycles. The van der Waals surface area contributed by atoms with Crippen LogP contribution in [-0.4, -0.2) is 12.1 Å². The summed E-state index contributed by atoms with van der Waals surface area (Å²) in [5.74, 6) is 1.37. The van der Waals surface area contributed by atoms with E-state index in [2.05, 4.69) is 24.4 Å². The summed E-state index contributed by atoms with van der Waals surface area (Å²) in [5.41, 5.74) is 5.88. The Labute approximate surface area is 216 Å². The van der Waals surface area contributed by atoms with Crippen LogP contribution in [0.25, 0.3) is 0 Å². The van der Waals surface area contributed by atoms with Crippen molar-refractivity contribution in [3.8, 4) is 5.75 Å². The van der Waals surface area contributed by atoms with Gasteiger partial charge in [-0.2, -0.15) is 0 Å². The largest absolute Gasteiger partial charge is 0.489 e.